The summed E-state index contributed by atoms with van der Waals surface area (Å²) >= 11 is 0. The van der Waals surface area contributed by atoms with Gasteiger partial charge in [-0.15, -0.1) is 0 Å². The molecule has 0 radical (unpaired) electrons. The largest absolute Gasteiger partial charge is 0.416 e. The molecule has 0 aliphatic carbocycles. The Morgan fingerprint density at radius 3 is 2.14 bits per heavy atom. The van der Waals surface area contributed by atoms with Crippen LogP contribution in [0.15, 0.2) is 59.5 Å². The number of benzene rings is 2. The maximum absolute atomic E-state index is 12.8. The van der Waals surface area contributed by atoms with Crippen LogP contribution in [0.25, 0.3) is 0 Å². The fourth-order valence-corrected chi connectivity index (χ4v) is 2.86. The predicted octanol–water partition coefficient (Wildman–Crippen LogP) is 3.65. The average molecular weight is 330 g/mol. The van der Waals surface area contributed by atoms with E-state index in [4.69, 9.17) is 4.18 Å². The maximum Gasteiger partial charge on any atom is 0.416 e. The first-order valence-electron chi connectivity index (χ1n) is 6.40. The molecule has 0 bridgehead atoms. The molecule has 0 saturated carbocycles. The van der Waals surface area contributed by atoms with Crippen molar-refractivity contribution in [1.82, 2.24) is 0 Å². The van der Waals surface area contributed by atoms with Gasteiger partial charge < -0.3 is 0 Å². The molecule has 0 amide bonds. The molecule has 0 N–H and O–H groups in total. The van der Waals surface area contributed by atoms with Gasteiger partial charge in [-0.25, -0.2) is 0 Å². The molecule has 22 heavy (non-hydrogen) atoms. The summed E-state index contributed by atoms with van der Waals surface area (Å²) in [6.07, 6.45) is -4.63. The predicted molar refractivity (Wildman–Crippen MR) is 74.7 cm³/mol. The van der Waals surface area contributed by atoms with Gasteiger partial charge in [0, 0.05) is 0 Å². The third-order valence-corrected chi connectivity index (χ3v) is 4.29. The lowest BCUT2D eigenvalue weighted by atomic mass is 10.0. The van der Waals surface area contributed by atoms with Gasteiger partial charge >= 0.3 is 6.18 Å². The minimum atomic E-state index is -4.48. The molecule has 0 saturated heterocycles. The van der Waals surface area contributed by atoms with Crippen molar-refractivity contribution in [3.8, 4) is 0 Å². The molecule has 0 heterocycles. The molecule has 0 fully saturated rings. The van der Waals surface area contributed by atoms with Crippen LogP contribution in [0.4, 0.5) is 13.2 Å². The lowest BCUT2D eigenvalue weighted by Crippen LogP contribution is -2.13. The molecule has 0 aliphatic rings. The van der Waals surface area contributed by atoms with Crippen LogP contribution in [-0.2, 0) is 26.9 Å². The number of hydrogen-bond acceptors (Lipinski definition) is 3. The molecule has 7 heteroatoms. The van der Waals surface area contributed by atoms with Gasteiger partial charge in [-0.1, -0.05) is 36.4 Å². The smallest absolute Gasteiger partial charge is 0.266 e. The highest BCUT2D eigenvalue weighted by atomic mass is 32.2. The van der Waals surface area contributed by atoms with Crippen molar-refractivity contribution >= 4 is 10.1 Å². The van der Waals surface area contributed by atoms with Gasteiger partial charge in [0.05, 0.1) is 17.1 Å². The molecule has 2 rings (SSSR count). The van der Waals surface area contributed by atoms with E-state index in [1.165, 1.54) is 42.5 Å². The van der Waals surface area contributed by atoms with E-state index < -0.39 is 21.9 Å². The van der Waals surface area contributed by atoms with E-state index in [1.807, 2.05) is 0 Å². The molecule has 0 aliphatic heterocycles. The number of alkyl halides is 3. The Bertz CT molecular complexity index is 725. The van der Waals surface area contributed by atoms with Crippen molar-refractivity contribution in [1.29, 1.82) is 0 Å². The van der Waals surface area contributed by atoms with Gasteiger partial charge in [0.15, 0.2) is 0 Å². The molecule has 0 unspecified atom stereocenters. The zero-order chi connectivity index (χ0) is 16.2. The molecular formula is C15H13F3O3S. The van der Waals surface area contributed by atoms with Crippen LogP contribution >= 0.6 is 0 Å². The fourth-order valence-electron chi connectivity index (χ4n) is 1.93. The summed E-state index contributed by atoms with van der Waals surface area (Å²) < 4.78 is 67.0. The summed E-state index contributed by atoms with van der Waals surface area (Å²) in [7, 11) is -3.96. The molecule has 2 aromatic carbocycles. The van der Waals surface area contributed by atoms with E-state index in [0.29, 0.717) is 0 Å². The number of halogens is 3. The Balaban J connectivity index is 2.06. The van der Waals surface area contributed by atoms with Crippen LogP contribution in [0.1, 0.15) is 11.1 Å². The van der Waals surface area contributed by atoms with Crippen molar-refractivity contribution in [3.63, 3.8) is 0 Å². The Morgan fingerprint density at radius 2 is 1.50 bits per heavy atom. The maximum atomic E-state index is 12.8. The number of hydrogen-bond donors (Lipinski definition) is 0. The van der Waals surface area contributed by atoms with E-state index in [0.717, 1.165) is 6.07 Å². The van der Waals surface area contributed by atoms with Crippen LogP contribution in [0, 0.1) is 0 Å². The first-order valence-corrected chi connectivity index (χ1v) is 7.81. The van der Waals surface area contributed by atoms with E-state index in [9.17, 15) is 21.6 Å². The highest BCUT2D eigenvalue weighted by Crippen LogP contribution is 2.32. The van der Waals surface area contributed by atoms with E-state index in [1.54, 1.807) is 6.07 Å². The molecule has 3 nitrogen and oxygen atoms in total. The van der Waals surface area contributed by atoms with Gasteiger partial charge in [-0.3, -0.25) is 4.18 Å². The van der Waals surface area contributed by atoms with Crippen LogP contribution in [0.3, 0.4) is 0 Å². The molecule has 0 spiro atoms. The SMILES string of the molecule is O=S(=O)(OCCc1ccccc1C(F)(F)F)c1ccccc1. The van der Waals surface area contributed by atoms with Crippen molar-refractivity contribution in [3.05, 3.63) is 65.7 Å². The quantitative estimate of drug-likeness (QED) is 0.786. The van der Waals surface area contributed by atoms with Gasteiger partial charge in [0.1, 0.15) is 0 Å². The summed E-state index contributed by atoms with van der Waals surface area (Å²) in [5.41, 5.74) is -0.783. The van der Waals surface area contributed by atoms with Crippen LogP contribution in [0.5, 0.6) is 0 Å². The van der Waals surface area contributed by atoms with E-state index in [-0.39, 0.29) is 23.5 Å². The normalized spacial score (nSPS) is 12.3. The lowest BCUT2D eigenvalue weighted by Gasteiger charge is -2.12. The molecule has 0 atom stereocenters. The van der Waals surface area contributed by atoms with Crippen molar-refractivity contribution in [2.24, 2.45) is 0 Å². The van der Waals surface area contributed by atoms with Crippen LogP contribution < -0.4 is 0 Å². The second-order valence-corrected chi connectivity index (χ2v) is 6.11. The van der Waals surface area contributed by atoms with Crippen LogP contribution in [0.2, 0.25) is 0 Å². The average Bonchev–Trinajstić information content (AvgIpc) is 2.47. The second kappa shape index (κ2) is 6.50. The molecular weight excluding hydrogens is 317 g/mol. The third kappa shape index (κ3) is 4.08. The summed E-state index contributed by atoms with van der Waals surface area (Å²) in [5, 5.41) is 0. The topological polar surface area (TPSA) is 43.4 Å². The zero-order valence-corrected chi connectivity index (χ0v) is 12.2. The van der Waals surface area contributed by atoms with E-state index in [2.05, 4.69) is 0 Å². The standard InChI is InChI=1S/C15H13F3O3S/c16-15(17,18)14-9-5-4-6-12(14)10-11-21-22(19,20)13-7-2-1-3-8-13/h1-9H,10-11H2. The van der Waals surface area contributed by atoms with Crippen molar-refractivity contribution in [2.75, 3.05) is 6.61 Å². The Hall–Kier alpha value is -1.86. The Morgan fingerprint density at radius 1 is 0.909 bits per heavy atom. The summed E-state index contributed by atoms with van der Waals surface area (Å²) in [4.78, 5) is -0.0286. The first kappa shape index (κ1) is 16.5. The van der Waals surface area contributed by atoms with E-state index >= 15 is 0 Å². The summed E-state index contributed by atoms with van der Waals surface area (Å²) in [6, 6.07) is 12.5. The highest BCUT2D eigenvalue weighted by molar-refractivity contribution is 7.86. The van der Waals surface area contributed by atoms with Gasteiger partial charge in [0.25, 0.3) is 10.1 Å². The van der Waals surface area contributed by atoms with Crippen molar-refractivity contribution in [2.45, 2.75) is 17.5 Å². The summed E-state index contributed by atoms with van der Waals surface area (Å²) in [5.74, 6) is 0. The summed E-state index contributed by atoms with van der Waals surface area (Å²) in [6.45, 7) is -0.357. The molecule has 2 aromatic rings. The Kier molecular flexibility index (Phi) is 4.87. The minimum Gasteiger partial charge on any atom is -0.266 e. The zero-order valence-electron chi connectivity index (χ0n) is 11.4. The van der Waals surface area contributed by atoms with Crippen molar-refractivity contribution < 1.29 is 25.8 Å². The molecule has 0 aromatic heterocycles. The van der Waals surface area contributed by atoms with Gasteiger partial charge in [0.2, 0.25) is 0 Å². The first-order chi connectivity index (χ1) is 10.3. The third-order valence-electron chi connectivity index (χ3n) is 2.96. The van der Waals surface area contributed by atoms with Gasteiger partial charge in [-0.05, 0) is 30.2 Å². The highest BCUT2D eigenvalue weighted by Gasteiger charge is 2.32. The monoisotopic (exact) mass is 330 g/mol. The Labute approximate surface area is 126 Å². The molecule has 118 valence electrons. The minimum absolute atomic E-state index is 0.00161. The fraction of sp³-hybridized carbons (Fsp3) is 0.200. The lowest BCUT2D eigenvalue weighted by molar-refractivity contribution is -0.138. The van der Waals surface area contributed by atoms with Crippen LogP contribution in [-0.4, -0.2) is 15.0 Å². The van der Waals surface area contributed by atoms with Gasteiger partial charge in [-0.2, -0.15) is 21.6 Å². The second-order valence-electron chi connectivity index (χ2n) is 4.49. The number of rotatable bonds is 5.